The lowest BCUT2D eigenvalue weighted by Gasteiger charge is -2.18. The molecule has 0 amide bonds. The molecule has 1 aromatic carbocycles. The average Bonchev–Trinajstić information content (AvgIpc) is 2.74. The Bertz CT molecular complexity index is 342. The van der Waals surface area contributed by atoms with Crippen molar-refractivity contribution >= 4 is 15.9 Å². The highest BCUT2D eigenvalue weighted by molar-refractivity contribution is 9.10. The second-order valence-corrected chi connectivity index (χ2v) is 5.35. The van der Waals surface area contributed by atoms with Gasteiger partial charge >= 0.3 is 0 Å². The maximum atomic E-state index is 10.2. The van der Waals surface area contributed by atoms with E-state index in [1.165, 1.54) is 31.2 Å². The Morgan fingerprint density at radius 3 is 2.60 bits per heavy atom. The van der Waals surface area contributed by atoms with Crippen molar-refractivity contribution in [1.82, 2.24) is 0 Å². The lowest BCUT2D eigenvalue weighted by atomic mass is 9.94. The molecule has 1 nitrogen and oxygen atoms in total. The van der Waals surface area contributed by atoms with Crippen LogP contribution >= 0.6 is 15.9 Å². The van der Waals surface area contributed by atoms with Gasteiger partial charge in [0.2, 0.25) is 0 Å². The van der Waals surface area contributed by atoms with Gasteiger partial charge in [0.15, 0.2) is 0 Å². The van der Waals surface area contributed by atoms with Gasteiger partial charge in [0.1, 0.15) is 0 Å². The Balaban J connectivity index is 2.17. The van der Waals surface area contributed by atoms with Gasteiger partial charge in [-0.05, 0) is 42.9 Å². The summed E-state index contributed by atoms with van der Waals surface area (Å²) in [5, 5.41) is 10.2. The van der Waals surface area contributed by atoms with Gasteiger partial charge in [-0.3, -0.25) is 0 Å². The van der Waals surface area contributed by atoms with E-state index >= 15 is 0 Å². The Hall–Kier alpha value is -0.340. The van der Waals surface area contributed by atoms with E-state index in [9.17, 15) is 5.11 Å². The highest BCUT2D eigenvalue weighted by atomic mass is 79.9. The molecular weight excluding hydrogens is 252 g/mol. The van der Waals surface area contributed by atoms with E-state index in [-0.39, 0.29) is 6.10 Å². The fourth-order valence-electron chi connectivity index (χ4n) is 2.34. The fraction of sp³-hybridized carbons (Fsp3) is 0.538. The molecule has 1 saturated carbocycles. The zero-order chi connectivity index (χ0) is 10.8. The van der Waals surface area contributed by atoms with Crippen molar-refractivity contribution < 1.29 is 5.11 Å². The van der Waals surface area contributed by atoms with Crippen LogP contribution in [0.2, 0.25) is 0 Å². The van der Waals surface area contributed by atoms with Crippen molar-refractivity contribution in [3.8, 4) is 0 Å². The van der Waals surface area contributed by atoms with E-state index in [1.807, 2.05) is 6.07 Å². The number of rotatable bonds is 2. The number of aliphatic hydroxyl groups excluding tert-OH is 1. The molecule has 1 unspecified atom stereocenters. The topological polar surface area (TPSA) is 20.2 Å². The Kier molecular flexibility index (Phi) is 3.47. The maximum absolute atomic E-state index is 10.2. The SMILES string of the molecule is Cc1ccc(C(O)C2CCCC2)cc1Br. The lowest BCUT2D eigenvalue weighted by Crippen LogP contribution is -2.08. The highest BCUT2D eigenvalue weighted by Gasteiger charge is 2.24. The van der Waals surface area contributed by atoms with E-state index in [0.717, 1.165) is 10.0 Å². The number of halogens is 1. The maximum Gasteiger partial charge on any atom is 0.0818 e. The van der Waals surface area contributed by atoms with Crippen LogP contribution in [-0.2, 0) is 0 Å². The van der Waals surface area contributed by atoms with Gasteiger partial charge in [-0.25, -0.2) is 0 Å². The number of hydrogen-bond acceptors (Lipinski definition) is 1. The summed E-state index contributed by atoms with van der Waals surface area (Å²) in [7, 11) is 0. The van der Waals surface area contributed by atoms with Gasteiger partial charge in [0, 0.05) is 4.47 Å². The predicted octanol–water partition coefficient (Wildman–Crippen LogP) is 3.98. The molecule has 1 fully saturated rings. The first kappa shape index (κ1) is 11.2. The van der Waals surface area contributed by atoms with Gasteiger partial charge < -0.3 is 5.11 Å². The van der Waals surface area contributed by atoms with Crippen LogP contribution in [0.4, 0.5) is 0 Å². The summed E-state index contributed by atoms with van der Waals surface area (Å²) in [6.07, 6.45) is 4.62. The van der Waals surface area contributed by atoms with Crippen molar-refractivity contribution in [1.29, 1.82) is 0 Å². The summed E-state index contributed by atoms with van der Waals surface area (Å²) in [4.78, 5) is 0. The first-order chi connectivity index (χ1) is 7.18. The van der Waals surface area contributed by atoms with Gasteiger partial charge in [-0.1, -0.05) is 40.9 Å². The standard InChI is InChI=1S/C13H17BrO/c1-9-6-7-11(8-12(9)14)13(15)10-4-2-3-5-10/h6-8,10,13,15H,2-5H2,1H3. The minimum atomic E-state index is -0.274. The molecule has 15 heavy (non-hydrogen) atoms. The number of aliphatic hydroxyl groups is 1. The summed E-state index contributed by atoms with van der Waals surface area (Å²) in [5.41, 5.74) is 2.27. The van der Waals surface area contributed by atoms with Crippen LogP contribution in [-0.4, -0.2) is 5.11 Å². The normalized spacial score (nSPS) is 19.4. The van der Waals surface area contributed by atoms with E-state index in [2.05, 4.69) is 35.0 Å². The minimum absolute atomic E-state index is 0.274. The van der Waals surface area contributed by atoms with Crippen LogP contribution in [0.15, 0.2) is 22.7 Å². The minimum Gasteiger partial charge on any atom is -0.388 e. The van der Waals surface area contributed by atoms with Crippen LogP contribution in [0.3, 0.4) is 0 Å². The molecule has 1 aliphatic rings. The molecule has 1 atom stereocenters. The van der Waals surface area contributed by atoms with Crippen LogP contribution < -0.4 is 0 Å². The monoisotopic (exact) mass is 268 g/mol. The third kappa shape index (κ3) is 2.43. The van der Waals surface area contributed by atoms with E-state index in [0.29, 0.717) is 5.92 Å². The highest BCUT2D eigenvalue weighted by Crippen LogP contribution is 2.36. The van der Waals surface area contributed by atoms with E-state index < -0.39 is 0 Å². The molecule has 0 saturated heterocycles. The molecule has 0 bridgehead atoms. The smallest absolute Gasteiger partial charge is 0.0818 e. The molecule has 82 valence electrons. The van der Waals surface area contributed by atoms with E-state index in [4.69, 9.17) is 0 Å². The second kappa shape index (κ2) is 4.67. The van der Waals surface area contributed by atoms with E-state index in [1.54, 1.807) is 0 Å². The number of aryl methyl sites for hydroxylation is 1. The zero-order valence-corrected chi connectivity index (χ0v) is 10.6. The Morgan fingerprint density at radius 2 is 2.00 bits per heavy atom. The van der Waals surface area contributed by atoms with Crippen molar-refractivity contribution in [2.45, 2.75) is 38.7 Å². The Labute approximate surface area is 99.6 Å². The molecule has 1 N–H and O–H groups in total. The van der Waals surface area contributed by atoms with Crippen LogP contribution in [0, 0.1) is 12.8 Å². The Morgan fingerprint density at radius 1 is 1.33 bits per heavy atom. The molecular formula is C13H17BrO. The average molecular weight is 269 g/mol. The summed E-state index contributed by atoms with van der Waals surface area (Å²) in [5.74, 6) is 0.472. The molecule has 0 radical (unpaired) electrons. The fourth-order valence-corrected chi connectivity index (χ4v) is 2.73. The molecule has 2 rings (SSSR count). The summed E-state index contributed by atoms with van der Waals surface area (Å²) in [6.45, 7) is 2.07. The lowest BCUT2D eigenvalue weighted by molar-refractivity contribution is 0.111. The summed E-state index contributed by atoms with van der Waals surface area (Å²) < 4.78 is 1.09. The van der Waals surface area contributed by atoms with Crippen LogP contribution in [0.1, 0.15) is 42.9 Å². The number of hydrogen-bond donors (Lipinski definition) is 1. The number of benzene rings is 1. The quantitative estimate of drug-likeness (QED) is 0.861. The van der Waals surface area contributed by atoms with Crippen LogP contribution in [0.25, 0.3) is 0 Å². The molecule has 0 heterocycles. The molecule has 0 spiro atoms. The summed E-state index contributed by atoms with van der Waals surface area (Å²) >= 11 is 3.51. The van der Waals surface area contributed by atoms with Crippen molar-refractivity contribution in [2.75, 3.05) is 0 Å². The largest absolute Gasteiger partial charge is 0.388 e. The predicted molar refractivity (Wildman–Crippen MR) is 65.8 cm³/mol. The molecule has 1 aliphatic carbocycles. The molecule has 1 aromatic rings. The van der Waals surface area contributed by atoms with Crippen molar-refractivity contribution in [3.05, 3.63) is 33.8 Å². The molecule has 2 heteroatoms. The third-order valence-electron chi connectivity index (χ3n) is 3.38. The van der Waals surface area contributed by atoms with Gasteiger partial charge in [-0.2, -0.15) is 0 Å². The first-order valence-electron chi connectivity index (χ1n) is 5.62. The van der Waals surface area contributed by atoms with Crippen molar-refractivity contribution in [3.63, 3.8) is 0 Å². The molecule has 0 aliphatic heterocycles. The molecule has 0 aromatic heterocycles. The summed E-state index contributed by atoms with van der Waals surface area (Å²) in [6, 6.07) is 6.17. The van der Waals surface area contributed by atoms with Gasteiger partial charge in [0.25, 0.3) is 0 Å². The van der Waals surface area contributed by atoms with Gasteiger partial charge in [-0.15, -0.1) is 0 Å². The second-order valence-electron chi connectivity index (χ2n) is 4.50. The third-order valence-corrected chi connectivity index (χ3v) is 4.24. The van der Waals surface area contributed by atoms with Gasteiger partial charge in [0.05, 0.1) is 6.10 Å². The first-order valence-corrected chi connectivity index (χ1v) is 6.42. The zero-order valence-electron chi connectivity index (χ0n) is 9.04. The van der Waals surface area contributed by atoms with Crippen LogP contribution in [0.5, 0.6) is 0 Å². The van der Waals surface area contributed by atoms with Crippen molar-refractivity contribution in [2.24, 2.45) is 5.92 Å².